The summed E-state index contributed by atoms with van der Waals surface area (Å²) in [4.78, 5) is 25.4. The van der Waals surface area contributed by atoms with Crippen LogP contribution in [-0.2, 0) is 0 Å². The summed E-state index contributed by atoms with van der Waals surface area (Å²) in [6.07, 6.45) is 8.41. The van der Waals surface area contributed by atoms with Gasteiger partial charge in [-0.15, -0.1) is 0 Å². The zero-order chi connectivity index (χ0) is 18.1. The van der Waals surface area contributed by atoms with E-state index in [1.54, 1.807) is 30.9 Å². The number of nitrogens with two attached hydrogens (primary N) is 1. The van der Waals surface area contributed by atoms with Crippen molar-refractivity contribution in [2.45, 2.75) is 19.9 Å². The van der Waals surface area contributed by atoms with Crippen molar-refractivity contribution < 1.29 is 0 Å². The highest BCUT2D eigenvalue weighted by Crippen LogP contribution is 2.22. The third-order valence-electron chi connectivity index (χ3n) is 3.86. The van der Waals surface area contributed by atoms with Gasteiger partial charge in [-0.3, -0.25) is 0 Å². The Hall–Kier alpha value is -3.62. The van der Waals surface area contributed by atoms with Gasteiger partial charge in [0, 0.05) is 30.7 Å². The highest BCUT2D eigenvalue weighted by Gasteiger charge is 2.09. The van der Waals surface area contributed by atoms with Crippen LogP contribution in [0, 0.1) is 0 Å². The van der Waals surface area contributed by atoms with Crippen molar-refractivity contribution in [3.63, 3.8) is 0 Å². The van der Waals surface area contributed by atoms with Crippen LogP contribution in [0.5, 0.6) is 0 Å². The number of pyridine rings is 1. The molecule has 4 aromatic heterocycles. The van der Waals surface area contributed by atoms with E-state index in [0.717, 1.165) is 11.0 Å². The Bertz CT molecular complexity index is 1050. The van der Waals surface area contributed by atoms with Gasteiger partial charge < -0.3 is 15.6 Å². The number of imidazole rings is 1. The normalized spacial score (nSPS) is 11.2. The zero-order valence-electron chi connectivity index (χ0n) is 14.3. The van der Waals surface area contributed by atoms with Crippen LogP contribution in [0.1, 0.15) is 19.9 Å². The van der Waals surface area contributed by atoms with Crippen LogP contribution in [0.25, 0.3) is 22.4 Å². The lowest BCUT2D eigenvalue weighted by Gasteiger charge is -2.09. The van der Waals surface area contributed by atoms with Gasteiger partial charge in [0.2, 0.25) is 5.95 Å². The average Bonchev–Trinajstić information content (AvgIpc) is 3.06. The molecule has 0 unspecified atom stereocenters. The lowest BCUT2D eigenvalue weighted by atomic mass is 10.3. The van der Waals surface area contributed by atoms with E-state index in [0.29, 0.717) is 29.1 Å². The van der Waals surface area contributed by atoms with Crippen molar-refractivity contribution >= 4 is 28.6 Å². The van der Waals surface area contributed by atoms with Gasteiger partial charge >= 0.3 is 0 Å². The summed E-state index contributed by atoms with van der Waals surface area (Å²) in [5.41, 5.74) is 8.07. The molecule has 0 aliphatic rings. The summed E-state index contributed by atoms with van der Waals surface area (Å²) in [5, 5.41) is 3.20. The van der Waals surface area contributed by atoms with Crippen LogP contribution < -0.4 is 11.1 Å². The number of anilines is 3. The third kappa shape index (κ3) is 3.02. The molecule has 0 fully saturated rings. The molecule has 9 heteroatoms. The molecule has 3 N–H and O–H groups in total. The van der Waals surface area contributed by atoms with Gasteiger partial charge in [0.05, 0.1) is 23.6 Å². The number of fused-ring (bicyclic) bond motifs is 1. The quantitative estimate of drug-likeness (QED) is 0.578. The van der Waals surface area contributed by atoms with E-state index in [4.69, 9.17) is 5.73 Å². The third-order valence-corrected chi connectivity index (χ3v) is 3.86. The summed E-state index contributed by atoms with van der Waals surface area (Å²) in [6, 6.07) is 4.04. The SMILES string of the molecule is CC(C)n1cnc2cnc(Nc3ccnc(-c4cnc(N)nc4)n3)cc21. The van der Waals surface area contributed by atoms with Crippen molar-refractivity contribution in [1.29, 1.82) is 0 Å². The first-order valence-corrected chi connectivity index (χ1v) is 8.11. The second kappa shape index (κ2) is 6.36. The maximum Gasteiger partial charge on any atom is 0.219 e. The Morgan fingerprint density at radius 2 is 1.81 bits per heavy atom. The highest BCUT2D eigenvalue weighted by atomic mass is 15.1. The summed E-state index contributed by atoms with van der Waals surface area (Å²) < 4.78 is 2.10. The standard InChI is InChI=1S/C17H17N9/c1-10(2)26-9-23-12-8-20-15(5-13(12)26)24-14-3-4-19-16(25-14)11-6-21-17(18)22-7-11/h3-10H,1-2H3,(H2,18,21,22)(H,19,20,24,25). The number of hydrogen-bond donors (Lipinski definition) is 2. The van der Waals surface area contributed by atoms with Gasteiger partial charge in [-0.05, 0) is 19.9 Å². The second-order valence-corrected chi connectivity index (χ2v) is 6.02. The fourth-order valence-corrected chi connectivity index (χ4v) is 2.56. The molecule has 0 saturated heterocycles. The van der Waals surface area contributed by atoms with Crippen LogP contribution in [0.15, 0.2) is 43.2 Å². The van der Waals surface area contributed by atoms with Gasteiger partial charge in [-0.1, -0.05) is 0 Å². The molecule has 0 aliphatic heterocycles. The molecule has 0 spiro atoms. The van der Waals surface area contributed by atoms with Crippen molar-refractivity contribution in [2.75, 3.05) is 11.1 Å². The molecule has 0 amide bonds. The molecule has 0 bridgehead atoms. The number of hydrogen-bond acceptors (Lipinski definition) is 8. The number of aromatic nitrogens is 7. The summed E-state index contributed by atoms with van der Waals surface area (Å²) in [7, 11) is 0. The monoisotopic (exact) mass is 347 g/mol. The summed E-state index contributed by atoms with van der Waals surface area (Å²) in [5.74, 6) is 2.01. The predicted octanol–water partition coefficient (Wildman–Crippen LogP) is 2.58. The van der Waals surface area contributed by atoms with Crippen LogP contribution in [0.3, 0.4) is 0 Å². The molecular weight excluding hydrogens is 330 g/mol. The van der Waals surface area contributed by atoms with E-state index < -0.39 is 0 Å². The van der Waals surface area contributed by atoms with Gasteiger partial charge in [-0.2, -0.15) is 0 Å². The molecule has 0 aliphatic carbocycles. The molecule has 130 valence electrons. The van der Waals surface area contributed by atoms with E-state index in [2.05, 4.69) is 53.6 Å². The fraction of sp³-hybridized carbons (Fsp3) is 0.176. The predicted molar refractivity (Wildman–Crippen MR) is 98.7 cm³/mol. The minimum absolute atomic E-state index is 0.210. The van der Waals surface area contributed by atoms with E-state index in [1.165, 1.54) is 0 Å². The van der Waals surface area contributed by atoms with Crippen molar-refractivity contribution in [2.24, 2.45) is 0 Å². The van der Waals surface area contributed by atoms with Crippen LogP contribution in [0.2, 0.25) is 0 Å². The first-order valence-electron chi connectivity index (χ1n) is 8.11. The summed E-state index contributed by atoms with van der Waals surface area (Å²) in [6.45, 7) is 4.22. The maximum atomic E-state index is 5.52. The molecule has 0 saturated carbocycles. The molecule has 9 nitrogen and oxygen atoms in total. The Balaban J connectivity index is 1.65. The molecule has 4 aromatic rings. The number of nitrogens with one attached hydrogen (secondary N) is 1. The molecule has 0 atom stereocenters. The number of nitrogen functional groups attached to an aromatic ring is 1. The lowest BCUT2D eigenvalue weighted by Crippen LogP contribution is -2.01. The van der Waals surface area contributed by atoms with Crippen molar-refractivity contribution in [3.05, 3.63) is 43.2 Å². The average molecular weight is 347 g/mol. The first-order chi connectivity index (χ1) is 12.6. The number of rotatable bonds is 4. The minimum atomic E-state index is 0.210. The Labute approximate surface area is 149 Å². The van der Waals surface area contributed by atoms with Crippen molar-refractivity contribution in [3.8, 4) is 11.4 Å². The minimum Gasteiger partial charge on any atom is -0.368 e. The van der Waals surface area contributed by atoms with E-state index in [9.17, 15) is 0 Å². The van der Waals surface area contributed by atoms with Crippen LogP contribution in [-0.4, -0.2) is 34.5 Å². The highest BCUT2D eigenvalue weighted by molar-refractivity contribution is 5.78. The fourth-order valence-electron chi connectivity index (χ4n) is 2.56. The van der Waals surface area contributed by atoms with Gasteiger partial charge in [0.15, 0.2) is 5.82 Å². The van der Waals surface area contributed by atoms with E-state index in [1.807, 2.05) is 12.4 Å². The van der Waals surface area contributed by atoms with E-state index >= 15 is 0 Å². The molecule has 4 rings (SSSR count). The topological polar surface area (TPSA) is 120 Å². The Kier molecular flexibility index (Phi) is 3.88. The van der Waals surface area contributed by atoms with Crippen LogP contribution >= 0.6 is 0 Å². The van der Waals surface area contributed by atoms with Crippen LogP contribution in [0.4, 0.5) is 17.6 Å². The lowest BCUT2D eigenvalue weighted by molar-refractivity contribution is 0.617. The van der Waals surface area contributed by atoms with E-state index in [-0.39, 0.29) is 5.95 Å². The molecule has 4 heterocycles. The summed E-state index contributed by atoms with van der Waals surface area (Å²) >= 11 is 0. The van der Waals surface area contributed by atoms with Crippen molar-refractivity contribution in [1.82, 2.24) is 34.5 Å². The number of nitrogens with zero attached hydrogens (tertiary/aromatic N) is 7. The van der Waals surface area contributed by atoms with Gasteiger partial charge in [0.25, 0.3) is 0 Å². The van der Waals surface area contributed by atoms with Gasteiger partial charge in [0.1, 0.15) is 17.2 Å². The first kappa shape index (κ1) is 15.9. The molecular formula is C17H17N9. The molecule has 0 aromatic carbocycles. The molecule has 0 radical (unpaired) electrons. The maximum absolute atomic E-state index is 5.52. The Morgan fingerprint density at radius 3 is 2.58 bits per heavy atom. The smallest absolute Gasteiger partial charge is 0.219 e. The van der Waals surface area contributed by atoms with Gasteiger partial charge in [-0.25, -0.2) is 29.9 Å². The second-order valence-electron chi connectivity index (χ2n) is 6.02. The zero-order valence-corrected chi connectivity index (χ0v) is 14.3. The largest absolute Gasteiger partial charge is 0.368 e. The Morgan fingerprint density at radius 1 is 1.00 bits per heavy atom. The molecule has 26 heavy (non-hydrogen) atoms.